The van der Waals surface area contributed by atoms with Crippen molar-refractivity contribution in [3.63, 3.8) is 0 Å². The monoisotopic (exact) mass is 174 g/mol. The molecule has 0 aliphatic carbocycles. The van der Waals surface area contributed by atoms with Crippen molar-refractivity contribution in [3.05, 3.63) is 12.2 Å². The molecule has 2 N–H and O–H groups in total. The minimum Gasteiger partial charge on any atom is -0.307 e. The van der Waals surface area contributed by atoms with E-state index in [1.807, 2.05) is 0 Å². The molecule has 0 spiro atoms. The van der Waals surface area contributed by atoms with Crippen LogP contribution in [0.25, 0.3) is 0 Å². The third-order valence-corrected chi connectivity index (χ3v) is 1.82. The number of H-pyrrole nitrogens is 1. The lowest BCUT2D eigenvalue weighted by Crippen LogP contribution is -2.14. The van der Waals surface area contributed by atoms with Crippen molar-refractivity contribution < 1.29 is 0 Å². The summed E-state index contributed by atoms with van der Waals surface area (Å²) in [5.41, 5.74) is 0. The second-order valence-corrected chi connectivity index (χ2v) is 2.52. The van der Waals surface area contributed by atoms with Crippen LogP contribution < -0.4 is 5.32 Å². The number of nitrogens with zero attached hydrogens (tertiary/aromatic N) is 2. The summed E-state index contributed by atoms with van der Waals surface area (Å²) in [5.74, 6) is 0.970. The molecule has 0 radical (unpaired) electrons. The van der Waals surface area contributed by atoms with Crippen LogP contribution in [0, 0.1) is 0 Å². The molecule has 1 aliphatic rings. The van der Waals surface area contributed by atoms with Gasteiger partial charge >= 0.3 is 0 Å². The van der Waals surface area contributed by atoms with Crippen LogP contribution in [0.2, 0.25) is 0 Å². The molecule has 2 heterocycles. The first-order valence-electron chi connectivity index (χ1n) is 3.55. The van der Waals surface area contributed by atoms with E-state index in [1.165, 1.54) is 12.8 Å². The molecule has 0 amide bonds. The third-order valence-electron chi connectivity index (χ3n) is 1.82. The third kappa shape index (κ3) is 1.70. The van der Waals surface area contributed by atoms with Crippen LogP contribution in [0.3, 0.4) is 0 Å². The largest absolute Gasteiger partial charge is 0.307 e. The highest BCUT2D eigenvalue weighted by molar-refractivity contribution is 5.85. The lowest BCUT2D eigenvalue weighted by molar-refractivity contribution is 0.608. The summed E-state index contributed by atoms with van der Waals surface area (Å²) < 4.78 is 0. The average Bonchev–Trinajstić information content (AvgIpc) is 2.59. The van der Waals surface area contributed by atoms with Crippen LogP contribution in [0.15, 0.2) is 6.33 Å². The summed E-state index contributed by atoms with van der Waals surface area (Å²) >= 11 is 0. The normalized spacial score (nSPS) is 23.1. The van der Waals surface area contributed by atoms with E-state index in [4.69, 9.17) is 0 Å². The zero-order valence-corrected chi connectivity index (χ0v) is 6.90. The fourth-order valence-electron chi connectivity index (χ4n) is 1.30. The molecule has 1 aliphatic heterocycles. The molecule has 1 atom stereocenters. The number of aromatic nitrogens is 3. The van der Waals surface area contributed by atoms with Crippen molar-refractivity contribution in [1.82, 2.24) is 20.5 Å². The Balaban J connectivity index is 0.000000605. The summed E-state index contributed by atoms with van der Waals surface area (Å²) in [4.78, 5) is 4.07. The highest BCUT2D eigenvalue weighted by atomic mass is 35.5. The summed E-state index contributed by atoms with van der Waals surface area (Å²) in [7, 11) is 0. The van der Waals surface area contributed by atoms with E-state index >= 15 is 0 Å². The lowest BCUT2D eigenvalue weighted by atomic mass is 10.2. The minimum atomic E-state index is 0. The van der Waals surface area contributed by atoms with Gasteiger partial charge in [0, 0.05) is 0 Å². The Labute approximate surface area is 71.2 Å². The van der Waals surface area contributed by atoms with E-state index in [2.05, 4.69) is 20.5 Å². The van der Waals surface area contributed by atoms with Crippen molar-refractivity contribution in [2.24, 2.45) is 0 Å². The first kappa shape index (κ1) is 8.49. The highest BCUT2D eigenvalue weighted by Gasteiger charge is 2.17. The molecular formula is C6H11ClN4. The molecule has 1 fully saturated rings. The number of aromatic amines is 1. The van der Waals surface area contributed by atoms with Gasteiger partial charge in [0.05, 0.1) is 6.04 Å². The first-order chi connectivity index (χ1) is 4.97. The number of halogens is 1. The van der Waals surface area contributed by atoms with Gasteiger partial charge in [0.15, 0.2) is 0 Å². The molecule has 1 unspecified atom stereocenters. The molecule has 1 aromatic heterocycles. The van der Waals surface area contributed by atoms with E-state index in [1.54, 1.807) is 6.33 Å². The second kappa shape index (κ2) is 3.69. The maximum Gasteiger partial charge on any atom is 0.141 e. The fraction of sp³-hybridized carbons (Fsp3) is 0.667. The molecular weight excluding hydrogens is 164 g/mol. The maximum absolute atomic E-state index is 4.07. The van der Waals surface area contributed by atoms with Gasteiger partial charge in [-0.1, -0.05) is 0 Å². The Bertz CT molecular complexity index is 192. The van der Waals surface area contributed by atoms with Gasteiger partial charge < -0.3 is 5.32 Å². The number of rotatable bonds is 1. The van der Waals surface area contributed by atoms with Crippen molar-refractivity contribution >= 4 is 12.4 Å². The van der Waals surface area contributed by atoms with Crippen LogP contribution in [0.4, 0.5) is 0 Å². The topological polar surface area (TPSA) is 53.6 Å². The van der Waals surface area contributed by atoms with Crippen LogP contribution in [0.5, 0.6) is 0 Å². The number of hydrogen-bond acceptors (Lipinski definition) is 3. The van der Waals surface area contributed by atoms with E-state index in [0.29, 0.717) is 6.04 Å². The summed E-state index contributed by atoms with van der Waals surface area (Å²) in [5, 5.41) is 9.97. The van der Waals surface area contributed by atoms with Gasteiger partial charge in [0.25, 0.3) is 0 Å². The summed E-state index contributed by atoms with van der Waals surface area (Å²) in [6.07, 6.45) is 3.97. The molecule has 4 nitrogen and oxygen atoms in total. The standard InChI is InChI=1S/C6H10N4.ClH/c1-2-5(7-3-1)6-8-4-9-10-6;/h4-5,7H,1-3H2,(H,8,9,10);1H. The van der Waals surface area contributed by atoms with Crippen molar-refractivity contribution in [3.8, 4) is 0 Å². The van der Waals surface area contributed by atoms with Crippen LogP contribution in [-0.2, 0) is 0 Å². The van der Waals surface area contributed by atoms with Crippen LogP contribution in [0.1, 0.15) is 24.7 Å². The van der Waals surface area contributed by atoms with Crippen molar-refractivity contribution in [1.29, 1.82) is 0 Å². The summed E-state index contributed by atoms with van der Waals surface area (Å²) in [6.45, 7) is 1.10. The fourth-order valence-corrected chi connectivity index (χ4v) is 1.30. The maximum atomic E-state index is 4.07. The first-order valence-corrected chi connectivity index (χ1v) is 3.55. The molecule has 0 aromatic carbocycles. The Morgan fingerprint density at radius 3 is 3.00 bits per heavy atom. The molecule has 2 rings (SSSR count). The smallest absolute Gasteiger partial charge is 0.141 e. The van der Waals surface area contributed by atoms with Gasteiger partial charge in [-0.25, -0.2) is 4.98 Å². The Kier molecular flexibility index (Phi) is 2.84. The Hall–Kier alpha value is -0.610. The van der Waals surface area contributed by atoms with Gasteiger partial charge in [-0.3, -0.25) is 5.10 Å². The molecule has 11 heavy (non-hydrogen) atoms. The molecule has 5 heteroatoms. The van der Waals surface area contributed by atoms with Gasteiger partial charge in [0.1, 0.15) is 12.2 Å². The van der Waals surface area contributed by atoms with Gasteiger partial charge in [-0.15, -0.1) is 12.4 Å². The predicted molar refractivity (Wildman–Crippen MR) is 43.6 cm³/mol. The predicted octanol–water partition coefficient (Wildman–Crippen LogP) is 0.651. The molecule has 1 aromatic rings. The van der Waals surface area contributed by atoms with E-state index in [9.17, 15) is 0 Å². The Morgan fingerprint density at radius 1 is 1.55 bits per heavy atom. The molecule has 0 bridgehead atoms. The van der Waals surface area contributed by atoms with Crippen molar-refractivity contribution in [2.45, 2.75) is 18.9 Å². The second-order valence-electron chi connectivity index (χ2n) is 2.52. The minimum absolute atomic E-state index is 0. The average molecular weight is 175 g/mol. The van der Waals surface area contributed by atoms with Gasteiger partial charge in [0.2, 0.25) is 0 Å². The molecule has 1 saturated heterocycles. The van der Waals surface area contributed by atoms with Gasteiger partial charge in [-0.2, -0.15) is 5.10 Å². The quantitative estimate of drug-likeness (QED) is 0.658. The zero-order valence-electron chi connectivity index (χ0n) is 6.08. The van der Waals surface area contributed by atoms with Crippen molar-refractivity contribution in [2.75, 3.05) is 6.54 Å². The SMILES string of the molecule is Cl.c1n[nH]c(C2CCCN2)n1. The number of hydrogen-bond donors (Lipinski definition) is 2. The summed E-state index contributed by atoms with van der Waals surface area (Å²) in [6, 6.07) is 0.419. The van der Waals surface area contributed by atoms with Crippen LogP contribution in [-0.4, -0.2) is 21.7 Å². The van der Waals surface area contributed by atoms with Crippen LogP contribution >= 0.6 is 12.4 Å². The lowest BCUT2D eigenvalue weighted by Gasteiger charge is -2.03. The van der Waals surface area contributed by atoms with Gasteiger partial charge in [-0.05, 0) is 19.4 Å². The highest BCUT2D eigenvalue weighted by Crippen LogP contribution is 2.18. The Morgan fingerprint density at radius 2 is 2.45 bits per heavy atom. The molecule has 0 saturated carbocycles. The van der Waals surface area contributed by atoms with E-state index in [-0.39, 0.29) is 12.4 Å². The van der Waals surface area contributed by atoms with E-state index in [0.717, 1.165) is 12.4 Å². The molecule has 62 valence electrons. The zero-order chi connectivity index (χ0) is 6.81. The van der Waals surface area contributed by atoms with E-state index < -0.39 is 0 Å². The number of nitrogens with one attached hydrogen (secondary N) is 2.